The van der Waals surface area contributed by atoms with Crippen LogP contribution in [0.3, 0.4) is 0 Å². The first-order valence-electron chi connectivity index (χ1n) is 5.03. The van der Waals surface area contributed by atoms with Gasteiger partial charge in [0.15, 0.2) is 11.5 Å². The molecule has 0 bridgehead atoms. The number of hydrogen-bond acceptors (Lipinski definition) is 4. The van der Waals surface area contributed by atoms with Crippen LogP contribution in [0.15, 0.2) is 18.2 Å². The zero-order chi connectivity index (χ0) is 12.1. The van der Waals surface area contributed by atoms with Crippen molar-refractivity contribution in [1.29, 1.82) is 0 Å². The molecule has 0 amide bonds. The van der Waals surface area contributed by atoms with Crippen molar-refractivity contribution in [2.45, 2.75) is 19.4 Å². The van der Waals surface area contributed by atoms with Crippen molar-refractivity contribution in [2.75, 3.05) is 6.61 Å². The SMILES string of the molecule is CCOc1cc([C@H]([NH3+])CC(=O)[O-])ccc1O. The number of carbonyl (C=O) groups excluding carboxylic acids is 1. The molecule has 1 aromatic rings. The fraction of sp³-hybridized carbons (Fsp3) is 0.364. The molecule has 0 saturated heterocycles. The number of quaternary nitrogens is 1. The molecule has 5 nitrogen and oxygen atoms in total. The van der Waals surface area contributed by atoms with Gasteiger partial charge in [0, 0.05) is 18.0 Å². The van der Waals surface area contributed by atoms with Crippen LogP contribution in [-0.2, 0) is 4.79 Å². The van der Waals surface area contributed by atoms with Gasteiger partial charge in [0.05, 0.1) is 6.61 Å². The number of carboxylic acids is 1. The molecule has 0 fully saturated rings. The Hall–Kier alpha value is -1.75. The molecule has 4 N–H and O–H groups in total. The Morgan fingerprint density at radius 1 is 1.62 bits per heavy atom. The summed E-state index contributed by atoms with van der Waals surface area (Å²) in [5.74, 6) is -0.774. The molecule has 1 rings (SSSR count). The number of phenols is 1. The number of hydrogen-bond donors (Lipinski definition) is 2. The summed E-state index contributed by atoms with van der Waals surface area (Å²) < 4.78 is 5.19. The van der Waals surface area contributed by atoms with Crippen molar-refractivity contribution in [3.05, 3.63) is 23.8 Å². The minimum atomic E-state index is -1.15. The molecule has 0 saturated carbocycles. The van der Waals surface area contributed by atoms with Gasteiger partial charge in [-0.05, 0) is 25.1 Å². The third-order valence-corrected chi connectivity index (χ3v) is 2.17. The second kappa shape index (κ2) is 5.37. The van der Waals surface area contributed by atoms with Gasteiger partial charge in [-0.1, -0.05) is 0 Å². The van der Waals surface area contributed by atoms with Crippen LogP contribution in [-0.4, -0.2) is 17.7 Å². The van der Waals surface area contributed by atoms with Gasteiger partial charge in [-0.2, -0.15) is 0 Å². The Bertz CT molecular complexity index is 378. The number of benzene rings is 1. The molecule has 0 radical (unpaired) electrons. The van der Waals surface area contributed by atoms with Crippen molar-refractivity contribution in [1.82, 2.24) is 0 Å². The van der Waals surface area contributed by atoms with Crippen LogP contribution in [0.1, 0.15) is 24.9 Å². The van der Waals surface area contributed by atoms with Crippen LogP contribution in [0, 0.1) is 0 Å². The molecule has 1 aromatic carbocycles. The zero-order valence-electron chi connectivity index (χ0n) is 9.10. The lowest BCUT2D eigenvalue weighted by molar-refractivity contribution is -0.430. The first-order chi connectivity index (χ1) is 7.54. The maximum absolute atomic E-state index is 10.4. The molecule has 1 atom stereocenters. The van der Waals surface area contributed by atoms with Crippen LogP contribution < -0.4 is 15.6 Å². The van der Waals surface area contributed by atoms with Gasteiger partial charge in [-0.25, -0.2) is 0 Å². The van der Waals surface area contributed by atoms with E-state index >= 15 is 0 Å². The molecule has 0 aromatic heterocycles. The van der Waals surface area contributed by atoms with Crippen LogP contribution in [0.4, 0.5) is 0 Å². The number of carbonyl (C=O) groups is 1. The standard InChI is InChI=1S/C11H15NO4/c1-2-16-10-5-7(3-4-9(10)13)8(12)6-11(14)15/h3-5,8,13H,2,6,12H2,1H3,(H,14,15)/t8-/m1/s1. The fourth-order valence-electron chi connectivity index (χ4n) is 1.37. The number of aromatic hydroxyl groups is 1. The zero-order valence-corrected chi connectivity index (χ0v) is 9.10. The van der Waals surface area contributed by atoms with Gasteiger partial charge in [0.2, 0.25) is 0 Å². The van der Waals surface area contributed by atoms with Gasteiger partial charge in [-0.15, -0.1) is 0 Å². The molecule has 0 aliphatic heterocycles. The second-order valence-corrected chi connectivity index (χ2v) is 3.43. The molecule has 16 heavy (non-hydrogen) atoms. The van der Waals surface area contributed by atoms with E-state index in [1.807, 2.05) is 0 Å². The van der Waals surface area contributed by atoms with E-state index in [1.165, 1.54) is 6.07 Å². The summed E-state index contributed by atoms with van der Waals surface area (Å²) >= 11 is 0. The summed E-state index contributed by atoms with van der Waals surface area (Å²) in [5, 5.41) is 19.9. The van der Waals surface area contributed by atoms with Gasteiger partial charge in [0.25, 0.3) is 0 Å². The lowest BCUT2D eigenvalue weighted by Crippen LogP contribution is -2.55. The van der Waals surface area contributed by atoms with Gasteiger partial charge in [-0.3, -0.25) is 0 Å². The van der Waals surface area contributed by atoms with Crippen LogP contribution in [0.5, 0.6) is 11.5 Å². The first-order valence-corrected chi connectivity index (χ1v) is 5.03. The molecule has 5 heteroatoms. The van der Waals surface area contributed by atoms with Crippen molar-refractivity contribution in [2.24, 2.45) is 0 Å². The van der Waals surface area contributed by atoms with E-state index in [2.05, 4.69) is 5.73 Å². The Morgan fingerprint density at radius 3 is 2.88 bits per heavy atom. The number of carboxylic acid groups (broad SMARTS) is 1. The minimum Gasteiger partial charge on any atom is -0.550 e. The number of rotatable bonds is 5. The Kier molecular flexibility index (Phi) is 4.13. The largest absolute Gasteiger partial charge is 0.550 e. The van der Waals surface area contributed by atoms with E-state index in [0.29, 0.717) is 17.9 Å². The lowest BCUT2D eigenvalue weighted by Gasteiger charge is -2.12. The second-order valence-electron chi connectivity index (χ2n) is 3.43. The van der Waals surface area contributed by atoms with E-state index in [9.17, 15) is 15.0 Å². The summed E-state index contributed by atoms with van der Waals surface area (Å²) in [4.78, 5) is 10.4. The lowest BCUT2D eigenvalue weighted by atomic mass is 10.0. The van der Waals surface area contributed by atoms with Gasteiger partial charge < -0.3 is 25.5 Å². The Morgan fingerprint density at radius 2 is 2.31 bits per heavy atom. The van der Waals surface area contributed by atoms with E-state index in [0.717, 1.165) is 0 Å². The Balaban J connectivity index is 2.88. The molecule has 0 aliphatic rings. The first kappa shape index (κ1) is 12.3. The maximum Gasteiger partial charge on any atom is 0.161 e. The highest BCUT2D eigenvalue weighted by Crippen LogP contribution is 2.28. The van der Waals surface area contributed by atoms with Crippen LogP contribution >= 0.6 is 0 Å². The van der Waals surface area contributed by atoms with Crippen molar-refractivity contribution in [3.8, 4) is 11.5 Å². The monoisotopic (exact) mass is 225 g/mol. The smallest absolute Gasteiger partial charge is 0.161 e. The molecule has 88 valence electrons. The van der Waals surface area contributed by atoms with E-state index in [4.69, 9.17) is 4.74 Å². The minimum absolute atomic E-state index is 0.0336. The fourth-order valence-corrected chi connectivity index (χ4v) is 1.37. The summed E-state index contributed by atoms with van der Waals surface area (Å²) in [6.45, 7) is 2.23. The summed E-state index contributed by atoms with van der Waals surface area (Å²) in [6.07, 6.45) is -0.156. The molecule has 0 aliphatic carbocycles. The molecular formula is C11H15NO4. The molecular weight excluding hydrogens is 210 g/mol. The van der Waals surface area contributed by atoms with Crippen molar-refractivity contribution in [3.63, 3.8) is 0 Å². The third-order valence-electron chi connectivity index (χ3n) is 2.17. The summed E-state index contributed by atoms with van der Waals surface area (Å²) in [7, 11) is 0. The highest BCUT2D eigenvalue weighted by atomic mass is 16.5. The predicted octanol–water partition coefficient (Wildman–Crippen LogP) is -0.786. The number of phenolic OH excluding ortho intramolecular Hbond substituents is 1. The van der Waals surface area contributed by atoms with E-state index in [1.54, 1.807) is 19.1 Å². The van der Waals surface area contributed by atoms with Crippen molar-refractivity contribution >= 4 is 5.97 Å². The van der Waals surface area contributed by atoms with Gasteiger partial charge >= 0.3 is 0 Å². The molecule has 0 unspecified atom stereocenters. The predicted molar refractivity (Wildman–Crippen MR) is 54.5 cm³/mol. The summed E-state index contributed by atoms with van der Waals surface area (Å²) in [5.41, 5.74) is 4.42. The average Bonchev–Trinajstić information content (AvgIpc) is 2.20. The number of ether oxygens (including phenoxy) is 1. The van der Waals surface area contributed by atoms with Gasteiger partial charge in [0.1, 0.15) is 6.04 Å². The Labute approximate surface area is 93.5 Å². The third kappa shape index (κ3) is 3.13. The topological polar surface area (TPSA) is 97.2 Å². The highest BCUT2D eigenvalue weighted by molar-refractivity contribution is 5.65. The van der Waals surface area contributed by atoms with Crippen LogP contribution in [0.2, 0.25) is 0 Å². The molecule has 0 heterocycles. The average molecular weight is 225 g/mol. The normalized spacial score (nSPS) is 12.1. The molecule has 0 spiro atoms. The van der Waals surface area contributed by atoms with E-state index in [-0.39, 0.29) is 12.2 Å². The van der Waals surface area contributed by atoms with Crippen molar-refractivity contribution < 1.29 is 25.5 Å². The maximum atomic E-state index is 10.4. The highest BCUT2D eigenvalue weighted by Gasteiger charge is 2.12. The summed E-state index contributed by atoms with van der Waals surface area (Å²) in [6, 6.07) is 4.27. The quantitative estimate of drug-likeness (QED) is 0.686. The van der Waals surface area contributed by atoms with Crippen LogP contribution in [0.25, 0.3) is 0 Å². The van der Waals surface area contributed by atoms with E-state index < -0.39 is 12.0 Å². The number of aliphatic carboxylic acids is 1.